The lowest BCUT2D eigenvalue weighted by Crippen LogP contribution is -1.93. The van der Waals surface area contributed by atoms with Crippen LogP contribution in [0.2, 0.25) is 0 Å². The molecule has 0 aliphatic heterocycles. The van der Waals surface area contributed by atoms with Crippen LogP contribution in [0.4, 0.5) is 0 Å². The number of aromatic nitrogens is 4. The van der Waals surface area contributed by atoms with Gasteiger partial charge in [-0.15, -0.1) is 20.4 Å². The topological polar surface area (TPSA) is 51.6 Å². The van der Waals surface area contributed by atoms with E-state index >= 15 is 0 Å². The molecule has 0 aliphatic rings. The van der Waals surface area contributed by atoms with Gasteiger partial charge in [0.25, 0.3) is 0 Å². The first-order valence-electron chi connectivity index (χ1n) is 3.43. The first kappa shape index (κ1) is 9.94. The Morgan fingerprint density at radius 3 is 1.00 bits per heavy atom. The molecule has 1 heterocycles. The van der Waals surface area contributed by atoms with Crippen molar-refractivity contribution in [3.8, 4) is 0 Å². The maximum Gasteiger partial charge on any atom is 0.160 e. The van der Waals surface area contributed by atoms with Crippen LogP contribution in [0.25, 0.3) is 0 Å². The maximum atomic E-state index is 3.36. The van der Waals surface area contributed by atoms with Crippen molar-refractivity contribution >= 4 is 0 Å². The van der Waals surface area contributed by atoms with Crippen LogP contribution >= 0.6 is 0 Å². The van der Waals surface area contributed by atoms with Gasteiger partial charge in [-0.2, -0.15) is 0 Å². The summed E-state index contributed by atoms with van der Waals surface area (Å²) < 4.78 is 0. The molecular weight excluding hydrogens is 140 g/mol. The smallest absolute Gasteiger partial charge is 0.135 e. The van der Waals surface area contributed by atoms with Crippen LogP contribution in [0.1, 0.15) is 27.7 Å². The Hall–Kier alpha value is -1.06. The van der Waals surface area contributed by atoms with Crippen molar-refractivity contribution in [2.24, 2.45) is 5.41 Å². The van der Waals surface area contributed by atoms with E-state index in [1.54, 1.807) is 0 Å². The zero-order valence-corrected chi connectivity index (χ0v) is 7.44. The molecule has 0 radical (unpaired) electrons. The van der Waals surface area contributed by atoms with Gasteiger partial charge in [0.2, 0.25) is 0 Å². The highest BCUT2D eigenvalue weighted by atomic mass is 15.2. The molecule has 0 atom stereocenters. The second-order valence-corrected chi connectivity index (χ2v) is 3.69. The molecule has 0 unspecified atom stereocenters. The number of hydrogen-bond acceptors (Lipinski definition) is 4. The number of nitrogens with zero attached hydrogens (tertiary/aromatic N) is 4. The number of hydrogen-bond donors (Lipinski definition) is 0. The first-order chi connectivity index (χ1) is 5.00. The van der Waals surface area contributed by atoms with E-state index in [1.165, 1.54) is 12.7 Å². The Balaban J connectivity index is 0.000000187. The Bertz CT molecular complexity index is 135. The Labute approximate surface area is 67.1 Å². The van der Waals surface area contributed by atoms with Gasteiger partial charge >= 0.3 is 0 Å². The molecule has 0 saturated carbocycles. The van der Waals surface area contributed by atoms with E-state index in [1.807, 2.05) is 0 Å². The van der Waals surface area contributed by atoms with Crippen molar-refractivity contribution < 1.29 is 0 Å². The molecule has 1 aromatic heterocycles. The Morgan fingerprint density at radius 1 is 0.727 bits per heavy atom. The minimum absolute atomic E-state index is 0.500. The highest BCUT2D eigenvalue weighted by Gasteiger charge is 1.95. The summed E-state index contributed by atoms with van der Waals surface area (Å²) in [4.78, 5) is 0. The molecule has 0 amide bonds. The van der Waals surface area contributed by atoms with Gasteiger partial charge in [0.05, 0.1) is 0 Å². The van der Waals surface area contributed by atoms with E-state index in [2.05, 4.69) is 48.1 Å². The van der Waals surface area contributed by atoms with E-state index in [0.29, 0.717) is 5.41 Å². The van der Waals surface area contributed by atoms with Crippen molar-refractivity contribution in [3.05, 3.63) is 12.7 Å². The van der Waals surface area contributed by atoms with Gasteiger partial charge in [-0.3, -0.25) is 0 Å². The Morgan fingerprint density at radius 2 is 0.909 bits per heavy atom. The van der Waals surface area contributed by atoms with Crippen molar-refractivity contribution in [1.82, 2.24) is 20.4 Å². The predicted molar refractivity (Wildman–Crippen MR) is 42.8 cm³/mol. The van der Waals surface area contributed by atoms with Gasteiger partial charge < -0.3 is 0 Å². The molecule has 11 heavy (non-hydrogen) atoms. The van der Waals surface area contributed by atoms with Crippen molar-refractivity contribution in [2.75, 3.05) is 0 Å². The average molecular weight is 154 g/mol. The fourth-order valence-corrected chi connectivity index (χ4v) is 0.165. The molecule has 4 heteroatoms. The van der Waals surface area contributed by atoms with E-state index in [4.69, 9.17) is 0 Å². The fourth-order valence-electron chi connectivity index (χ4n) is 0.165. The summed E-state index contributed by atoms with van der Waals surface area (Å²) in [5.74, 6) is 0. The number of rotatable bonds is 0. The Kier molecular flexibility index (Phi) is 4.26. The second-order valence-electron chi connectivity index (χ2n) is 3.69. The van der Waals surface area contributed by atoms with Crippen LogP contribution in [-0.4, -0.2) is 20.4 Å². The lowest BCUT2D eigenvalue weighted by Gasteiger charge is -2.05. The largest absolute Gasteiger partial charge is 0.160 e. The molecule has 0 saturated heterocycles. The lowest BCUT2D eigenvalue weighted by molar-refractivity contribution is 0.469. The predicted octanol–water partition coefficient (Wildman–Crippen LogP) is 1.32. The molecule has 0 aromatic carbocycles. The summed E-state index contributed by atoms with van der Waals surface area (Å²) in [6.07, 6.45) is 2.56. The van der Waals surface area contributed by atoms with Crippen LogP contribution in [-0.2, 0) is 0 Å². The maximum absolute atomic E-state index is 3.36. The van der Waals surface area contributed by atoms with Gasteiger partial charge in [0.1, 0.15) is 0 Å². The molecule has 1 aromatic rings. The normalized spacial score (nSPS) is 9.82. The zero-order chi connectivity index (χ0) is 8.74. The monoisotopic (exact) mass is 154 g/mol. The van der Waals surface area contributed by atoms with E-state index in [-0.39, 0.29) is 0 Å². The van der Waals surface area contributed by atoms with Gasteiger partial charge in [-0.1, -0.05) is 27.7 Å². The van der Waals surface area contributed by atoms with Crippen molar-refractivity contribution in [1.29, 1.82) is 0 Å². The molecule has 0 bridgehead atoms. The van der Waals surface area contributed by atoms with Gasteiger partial charge in [0, 0.05) is 0 Å². The molecule has 4 nitrogen and oxygen atoms in total. The molecule has 0 N–H and O–H groups in total. The summed E-state index contributed by atoms with van der Waals surface area (Å²) in [7, 11) is 0. The summed E-state index contributed by atoms with van der Waals surface area (Å²) in [6.45, 7) is 8.75. The molecule has 62 valence electrons. The average Bonchev–Trinajstić information content (AvgIpc) is 1.88. The second kappa shape index (κ2) is 4.71. The lowest BCUT2D eigenvalue weighted by atomic mass is 10.0. The molecular formula is C7H14N4. The van der Waals surface area contributed by atoms with Crippen molar-refractivity contribution in [2.45, 2.75) is 27.7 Å². The summed E-state index contributed by atoms with van der Waals surface area (Å²) in [5, 5.41) is 13.4. The van der Waals surface area contributed by atoms with Gasteiger partial charge in [-0.05, 0) is 5.41 Å². The van der Waals surface area contributed by atoms with Crippen molar-refractivity contribution in [3.63, 3.8) is 0 Å². The third-order valence-electron chi connectivity index (χ3n) is 0.340. The molecule has 1 rings (SSSR count). The minimum Gasteiger partial charge on any atom is -0.135 e. The quantitative estimate of drug-likeness (QED) is 0.565. The minimum atomic E-state index is 0.500. The van der Waals surface area contributed by atoms with Gasteiger partial charge in [-0.25, -0.2) is 0 Å². The van der Waals surface area contributed by atoms with Crippen LogP contribution in [0.5, 0.6) is 0 Å². The summed E-state index contributed by atoms with van der Waals surface area (Å²) >= 11 is 0. The fraction of sp³-hybridized carbons (Fsp3) is 0.714. The summed E-state index contributed by atoms with van der Waals surface area (Å²) in [6, 6.07) is 0. The SMILES string of the molecule is CC(C)(C)C.c1nncnn1. The van der Waals surface area contributed by atoms with E-state index < -0.39 is 0 Å². The van der Waals surface area contributed by atoms with Gasteiger partial charge in [0.15, 0.2) is 12.7 Å². The molecule has 0 fully saturated rings. The first-order valence-corrected chi connectivity index (χ1v) is 3.43. The van der Waals surface area contributed by atoms with Crippen LogP contribution in [0.15, 0.2) is 12.7 Å². The zero-order valence-electron chi connectivity index (χ0n) is 7.44. The van der Waals surface area contributed by atoms with Crippen LogP contribution < -0.4 is 0 Å². The van der Waals surface area contributed by atoms with Crippen LogP contribution in [0, 0.1) is 5.41 Å². The van der Waals surface area contributed by atoms with Crippen LogP contribution in [0.3, 0.4) is 0 Å². The van der Waals surface area contributed by atoms with E-state index in [9.17, 15) is 0 Å². The molecule has 0 aliphatic carbocycles. The standard InChI is InChI=1S/C5H12.C2H2N4/c1-5(2,3)4;1-3-5-2-6-4-1/h1-4H3;1-2H. The molecule has 0 spiro atoms. The highest BCUT2D eigenvalue weighted by Crippen LogP contribution is 2.07. The summed E-state index contributed by atoms with van der Waals surface area (Å²) in [5.41, 5.74) is 0.500. The third-order valence-corrected chi connectivity index (χ3v) is 0.340. The van der Waals surface area contributed by atoms with E-state index in [0.717, 1.165) is 0 Å². The third kappa shape index (κ3) is 17.6. The highest BCUT2D eigenvalue weighted by molar-refractivity contribution is 4.47.